The van der Waals surface area contributed by atoms with Crippen LogP contribution >= 0.6 is 11.8 Å². The number of nitrogens with zero attached hydrogens (tertiary/aromatic N) is 4. The molecular weight excluding hydrogens is 460 g/mol. The van der Waals surface area contributed by atoms with Crippen molar-refractivity contribution >= 4 is 34.1 Å². The smallest absolute Gasteiger partial charge is 0.247 e. The van der Waals surface area contributed by atoms with E-state index in [9.17, 15) is 4.79 Å². The number of anilines is 1. The Bertz CT molecular complexity index is 1390. The van der Waals surface area contributed by atoms with Crippen molar-refractivity contribution in [1.82, 2.24) is 15.2 Å². The molecule has 0 radical (unpaired) electrons. The standard InChI is InChI=1S/C27H26N4O3S/c1-4-22(32)31-20-14-10-9-13-19(20)24-25(28-27(30-29-24)35-6-3)34-26(31)23-18-12-8-7-11-17(18)15-16-21(23)33-5-2/h7-16,26H,4-6H2,1-3H3. The summed E-state index contributed by atoms with van der Waals surface area (Å²) in [6.45, 7) is 6.30. The van der Waals surface area contributed by atoms with Crippen LogP contribution in [0.1, 0.15) is 39.0 Å². The highest BCUT2D eigenvalue weighted by molar-refractivity contribution is 7.99. The predicted octanol–water partition coefficient (Wildman–Crippen LogP) is 6.04. The minimum atomic E-state index is -0.811. The maximum Gasteiger partial charge on any atom is 0.247 e. The van der Waals surface area contributed by atoms with Gasteiger partial charge in [-0.3, -0.25) is 9.69 Å². The van der Waals surface area contributed by atoms with Crippen LogP contribution in [0.25, 0.3) is 22.0 Å². The molecule has 0 N–H and O–H groups in total. The number of thioether (sulfide) groups is 1. The maximum absolute atomic E-state index is 13.5. The molecule has 1 aliphatic rings. The summed E-state index contributed by atoms with van der Waals surface area (Å²) in [6, 6.07) is 19.7. The number of rotatable bonds is 6. The van der Waals surface area contributed by atoms with Gasteiger partial charge < -0.3 is 9.47 Å². The van der Waals surface area contributed by atoms with Crippen LogP contribution in [0.2, 0.25) is 0 Å². The van der Waals surface area contributed by atoms with Crippen molar-refractivity contribution in [3.63, 3.8) is 0 Å². The summed E-state index contributed by atoms with van der Waals surface area (Å²) in [5.41, 5.74) is 2.73. The lowest BCUT2D eigenvalue weighted by Gasteiger charge is -2.32. The fraction of sp³-hybridized carbons (Fsp3) is 0.259. The van der Waals surface area contributed by atoms with Crippen LogP contribution < -0.4 is 14.4 Å². The molecule has 0 bridgehead atoms. The first-order valence-electron chi connectivity index (χ1n) is 11.8. The quantitative estimate of drug-likeness (QED) is 0.308. The lowest BCUT2D eigenvalue weighted by molar-refractivity contribution is -0.120. The first-order chi connectivity index (χ1) is 17.2. The van der Waals surface area contributed by atoms with Crippen LogP contribution in [0.5, 0.6) is 11.6 Å². The highest BCUT2D eigenvalue weighted by Crippen LogP contribution is 2.46. The van der Waals surface area contributed by atoms with E-state index in [-0.39, 0.29) is 5.91 Å². The van der Waals surface area contributed by atoms with E-state index in [4.69, 9.17) is 14.5 Å². The first kappa shape index (κ1) is 23.1. The number of hydrogen-bond acceptors (Lipinski definition) is 7. The SMILES string of the molecule is CCOc1ccc2ccccc2c1C1Oc2nc(SCC)nnc2-c2ccccc2N1C(=O)CC. The van der Waals surface area contributed by atoms with E-state index in [1.54, 1.807) is 4.90 Å². The molecule has 178 valence electrons. The minimum Gasteiger partial charge on any atom is -0.493 e. The average molecular weight is 487 g/mol. The maximum atomic E-state index is 13.5. The third kappa shape index (κ3) is 4.18. The molecule has 4 aromatic rings. The summed E-state index contributed by atoms with van der Waals surface area (Å²) in [5, 5.41) is 11.3. The third-order valence-corrected chi connectivity index (χ3v) is 6.55. The number of fused-ring (bicyclic) bond motifs is 4. The van der Waals surface area contributed by atoms with Gasteiger partial charge in [0.2, 0.25) is 23.2 Å². The Morgan fingerprint density at radius 1 is 1.03 bits per heavy atom. The number of benzene rings is 3. The molecule has 0 aliphatic carbocycles. The van der Waals surface area contributed by atoms with Crippen molar-refractivity contribution in [1.29, 1.82) is 0 Å². The van der Waals surface area contributed by atoms with Gasteiger partial charge in [0.1, 0.15) is 5.75 Å². The molecule has 0 saturated carbocycles. The summed E-state index contributed by atoms with van der Waals surface area (Å²) in [6.07, 6.45) is -0.511. The molecule has 0 fully saturated rings. The monoisotopic (exact) mass is 486 g/mol. The molecular formula is C27H26N4O3S. The van der Waals surface area contributed by atoms with Gasteiger partial charge in [0.25, 0.3) is 0 Å². The molecule has 35 heavy (non-hydrogen) atoms. The summed E-state index contributed by atoms with van der Waals surface area (Å²) < 4.78 is 12.7. The van der Waals surface area contributed by atoms with E-state index in [1.165, 1.54) is 11.8 Å². The number of carbonyl (C=O) groups is 1. The molecule has 8 heteroatoms. The van der Waals surface area contributed by atoms with Gasteiger partial charge in [0, 0.05) is 12.0 Å². The van der Waals surface area contributed by atoms with Gasteiger partial charge in [-0.2, -0.15) is 4.98 Å². The Morgan fingerprint density at radius 3 is 2.63 bits per heavy atom. The molecule has 2 heterocycles. The number of carbonyl (C=O) groups excluding carboxylic acids is 1. The Hall–Kier alpha value is -3.65. The Balaban J connectivity index is 1.82. The van der Waals surface area contributed by atoms with Crippen molar-refractivity contribution in [2.24, 2.45) is 0 Å². The first-order valence-corrected chi connectivity index (χ1v) is 12.7. The van der Waals surface area contributed by atoms with E-state index in [1.807, 2.05) is 81.4 Å². The van der Waals surface area contributed by atoms with Crippen LogP contribution in [-0.2, 0) is 4.79 Å². The second-order valence-electron chi connectivity index (χ2n) is 7.92. The van der Waals surface area contributed by atoms with Gasteiger partial charge in [-0.1, -0.05) is 74.1 Å². The molecule has 1 atom stereocenters. The van der Waals surface area contributed by atoms with Gasteiger partial charge in [-0.25, -0.2) is 0 Å². The number of aromatic nitrogens is 3. The number of para-hydroxylation sites is 1. The van der Waals surface area contributed by atoms with Crippen LogP contribution in [0.4, 0.5) is 5.69 Å². The lowest BCUT2D eigenvalue weighted by atomic mass is 10.0. The molecule has 1 unspecified atom stereocenters. The molecule has 1 amide bonds. The van der Waals surface area contributed by atoms with Crippen LogP contribution in [0, 0.1) is 0 Å². The predicted molar refractivity (Wildman–Crippen MR) is 138 cm³/mol. The lowest BCUT2D eigenvalue weighted by Crippen LogP contribution is -2.37. The van der Waals surface area contributed by atoms with E-state index in [0.717, 1.165) is 27.7 Å². The van der Waals surface area contributed by atoms with E-state index in [0.29, 0.717) is 41.2 Å². The molecule has 1 aliphatic heterocycles. The summed E-state index contributed by atoms with van der Waals surface area (Å²) in [4.78, 5) is 19.9. The van der Waals surface area contributed by atoms with E-state index >= 15 is 0 Å². The zero-order chi connectivity index (χ0) is 24.4. The highest BCUT2D eigenvalue weighted by atomic mass is 32.2. The Kier molecular flexibility index (Phi) is 6.55. The van der Waals surface area contributed by atoms with Gasteiger partial charge in [0.05, 0.1) is 17.9 Å². The second kappa shape index (κ2) is 9.92. The molecule has 0 spiro atoms. The van der Waals surface area contributed by atoms with Gasteiger partial charge in [0.15, 0.2) is 5.69 Å². The van der Waals surface area contributed by atoms with Crippen molar-refractivity contribution < 1.29 is 14.3 Å². The topological polar surface area (TPSA) is 77.4 Å². The zero-order valence-electron chi connectivity index (χ0n) is 19.9. The van der Waals surface area contributed by atoms with Gasteiger partial charge >= 0.3 is 0 Å². The number of ether oxygens (including phenoxy) is 2. The van der Waals surface area contributed by atoms with Crippen LogP contribution in [0.15, 0.2) is 65.8 Å². The van der Waals surface area contributed by atoms with Crippen molar-refractivity contribution in [2.45, 2.75) is 38.6 Å². The second-order valence-corrected chi connectivity index (χ2v) is 9.15. The Morgan fingerprint density at radius 2 is 1.83 bits per heavy atom. The largest absolute Gasteiger partial charge is 0.493 e. The molecule has 1 aromatic heterocycles. The molecule has 7 nitrogen and oxygen atoms in total. The molecule has 0 saturated heterocycles. The average Bonchev–Trinajstić information content (AvgIpc) is 3.02. The van der Waals surface area contributed by atoms with E-state index < -0.39 is 6.23 Å². The molecule has 5 rings (SSSR count). The summed E-state index contributed by atoms with van der Waals surface area (Å²) in [7, 11) is 0. The summed E-state index contributed by atoms with van der Waals surface area (Å²) >= 11 is 1.49. The summed E-state index contributed by atoms with van der Waals surface area (Å²) in [5.74, 6) is 1.73. The van der Waals surface area contributed by atoms with Crippen molar-refractivity contribution in [2.75, 3.05) is 17.3 Å². The van der Waals surface area contributed by atoms with E-state index in [2.05, 4.69) is 10.2 Å². The zero-order valence-corrected chi connectivity index (χ0v) is 20.7. The fourth-order valence-electron chi connectivity index (χ4n) is 4.34. The normalized spacial score (nSPS) is 14.6. The number of amides is 1. The number of hydrogen-bond donors (Lipinski definition) is 0. The van der Waals surface area contributed by atoms with Gasteiger partial charge in [-0.05, 0) is 35.6 Å². The third-order valence-electron chi connectivity index (χ3n) is 5.83. The van der Waals surface area contributed by atoms with Crippen LogP contribution in [0.3, 0.4) is 0 Å². The molecule has 3 aromatic carbocycles. The fourth-order valence-corrected chi connectivity index (χ4v) is 4.85. The van der Waals surface area contributed by atoms with Crippen molar-refractivity contribution in [3.8, 4) is 22.9 Å². The van der Waals surface area contributed by atoms with Crippen LogP contribution in [-0.4, -0.2) is 33.4 Å². The highest BCUT2D eigenvalue weighted by Gasteiger charge is 2.37. The van der Waals surface area contributed by atoms with Gasteiger partial charge in [-0.15, -0.1) is 10.2 Å². The van der Waals surface area contributed by atoms with Crippen molar-refractivity contribution in [3.05, 3.63) is 66.2 Å². The minimum absolute atomic E-state index is 0.0817. The Labute approximate surface area is 208 Å².